The predicted octanol–water partition coefficient (Wildman–Crippen LogP) is 4.01. The van der Waals surface area contributed by atoms with E-state index in [1.54, 1.807) is 6.92 Å². The Morgan fingerprint density at radius 2 is 1.80 bits per heavy atom. The number of hydrogen-bond donors (Lipinski definition) is 0. The average molecular weight is 265 g/mol. The van der Waals surface area contributed by atoms with E-state index in [2.05, 4.69) is 42.2 Å². The van der Waals surface area contributed by atoms with E-state index in [1.165, 1.54) is 11.1 Å². The Labute approximate surface area is 120 Å². The molecular formula is C18H19NO. The van der Waals surface area contributed by atoms with Crippen molar-refractivity contribution in [3.8, 4) is 0 Å². The fraction of sp³-hybridized carbons (Fsp3) is 0.278. The largest absolute Gasteiger partial charge is 0.366 e. The minimum atomic E-state index is 0.132. The molecule has 1 unspecified atom stereocenters. The van der Waals surface area contributed by atoms with Crippen LogP contribution in [0.25, 0.3) is 0 Å². The lowest BCUT2D eigenvalue weighted by Crippen LogP contribution is -2.33. The summed E-state index contributed by atoms with van der Waals surface area (Å²) in [6, 6.07) is 16.5. The topological polar surface area (TPSA) is 20.3 Å². The molecule has 20 heavy (non-hydrogen) atoms. The van der Waals surface area contributed by atoms with E-state index in [9.17, 15) is 4.79 Å². The van der Waals surface area contributed by atoms with Crippen LogP contribution in [-0.4, -0.2) is 12.3 Å². The van der Waals surface area contributed by atoms with Gasteiger partial charge in [0, 0.05) is 24.3 Å². The molecule has 1 heterocycles. The van der Waals surface area contributed by atoms with Gasteiger partial charge in [-0.15, -0.1) is 0 Å². The number of Topliss-reactive ketones (excluding diaryl/α,β-unsaturated/α-hetero) is 1. The molecule has 2 heteroatoms. The normalized spacial score (nSPS) is 17.7. The van der Waals surface area contributed by atoms with Gasteiger partial charge in [-0.1, -0.05) is 43.3 Å². The fourth-order valence-corrected chi connectivity index (χ4v) is 3.09. The van der Waals surface area contributed by atoms with Crippen LogP contribution in [0.5, 0.6) is 0 Å². The van der Waals surface area contributed by atoms with Crippen LogP contribution >= 0.6 is 0 Å². The van der Waals surface area contributed by atoms with Crippen molar-refractivity contribution >= 4 is 11.5 Å². The number of para-hydroxylation sites is 1. The molecule has 0 aromatic heterocycles. The molecule has 0 radical (unpaired) electrons. The first-order valence-electron chi connectivity index (χ1n) is 7.09. The molecule has 0 saturated carbocycles. The van der Waals surface area contributed by atoms with Gasteiger partial charge in [0.1, 0.15) is 0 Å². The van der Waals surface area contributed by atoms with E-state index < -0.39 is 0 Å². The van der Waals surface area contributed by atoms with Crippen molar-refractivity contribution in [1.82, 2.24) is 0 Å². The molecule has 2 aromatic rings. The lowest BCUT2D eigenvalue weighted by atomic mass is 9.90. The van der Waals surface area contributed by atoms with Crippen LogP contribution in [0.4, 0.5) is 5.69 Å². The number of nitrogens with zero attached hydrogens (tertiary/aromatic N) is 1. The van der Waals surface area contributed by atoms with Gasteiger partial charge in [0.25, 0.3) is 0 Å². The first-order chi connectivity index (χ1) is 9.66. The lowest BCUT2D eigenvalue weighted by Gasteiger charge is -2.35. The highest BCUT2D eigenvalue weighted by Crippen LogP contribution is 2.32. The second-order valence-electron chi connectivity index (χ2n) is 5.55. The van der Waals surface area contributed by atoms with Crippen molar-refractivity contribution in [3.63, 3.8) is 0 Å². The second kappa shape index (κ2) is 5.12. The van der Waals surface area contributed by atoms with Crippen molar-refractivity contribution in [1.29, 1.82) is 0 Å². The molecule has 0 amide bonds. The molecular weight excluding hydrogens is 246 g/mol. The summed E-state index contributed by atoms with van der Waals surface area (Å²) in [5.41, 5.74) is 4.68. The van der Waals surface area contributed by atoms with E-state index in [0.717, 1.165) is 24.3 Å². The number of rotatable bonds is 2. The van der Waals surface area contributed by atoms with Crippen LogP contribution in [-0.2, 0) is 6.54 Å². The summed E-state index contributed by atoms with van der Waals surface area (Å²) >= 11 is 0. The zero-order chi connectivity index (χ0) is 14.1. The molecule has 1 atom stereocenters. The van der Waals surface area contributed by atoms with Crippen LogP contribution in [0.2, 0.25) is 0 Å². The molecule has 0 bridgehead atoms. The Balaban J connectivity index is 2.00. The van der Waals surface area contributed by atoms with Crippen molar-refractivity contribution in [2.75, 3.05) is 11.4 Å². The molecule has 1 aliphatic heterocycles. The van der Waals surface area contributed by atoms with Gasteiger partial charge in [0.15, 0.2) is 5.78 Å². The van der Waals surface area contributed by atoms with Gasteiger partial charge < -0.3 is 4.90 Å². The first-order valence-corrected chi connectivity index (χ1v) is 7.09. The smallest absolute Gasteiger partial charge is 0.161 e. The number of carbonyl (C=O) groups excluding carboxylic acids is 1. The molecule has 2 aromatic carbocycles. The maximum absolute atomic E-state index is 11.8. The van der Waals surface area contributed by atoms with E-state index in [4.69, 9.17) is 0 Å². The maximum Gasteiger partial charge on any atom is 0.161 e. The van der Waals surface area contributed by atoms with Crippen LogP contribution < -0.4 is 4.90 Å². The molecule has 2 nitrogen and oxygen atoms in total. The SMILES string of the molecule is CC(=O)c1ccccc1N1Cc2ccccc2C(C)C1. The third-order valence-electron chi connectivity index (χ3n) is 4.07. The Hall–Kier alpha value is -2.09. The summed E-state index contributed by atoms with van der Waals surface area (Å²) in [4.78, 5) is 14.1. The van der Waals surface area contributed by atoms with Gasteiger partial charge in [-0.2, -0.15) is 0 Å². The first kappa shape index (κ1) is 12.9. The Morgan fingerprint density at radius 1 is 1.10 bits per heavy atom. The minimum Gasteiger partial charge on any atom is -0.366 e. The molecule has 0 aliphatic carbocycles. The molecule has 3 rings (SSSR count). The number of carbonyl (C=O) groups is 1. The summed E-state index contributed by atoms with van der Waals surface area (Å²) in [5, 5.41) is 0. The molecule has 0 fully saturated rings. The van der Waals surface area contributed by atoms with Crippen molar-refractivity contribution in [2.24, 2.45) is 0 Å². The average Bonchev–Trinajstić information content (AvgIpc) is 2.47. The highest BCUT2D eigenvalue weighted by Gasteiger charge is 2.23. The zero-order valence-electron chi connectivity index (χ0n) is 12.0. The molecule has 0 N–H and O–H groups in total. The molecule has 1 aliphatic rings. The van der Waals surface area contributed by atoms with Crippen LogP contribution in [0.3, 0.4) is 0 Å². The fourth-order valence-electron chi connectivity index (χ4n) is 3.09. The Morgan fingerprint density at radius 3 is 2.60 bits per heavy atom. The zero-order valence-corrected chi connectivity index (χ0v) is 12.0. The van der Waals surface area contributed by atoms with Crippen LogP contribution in [0.15, 0.2) is 48.5 Å². The Kier molecular flexibility index (Phi) is 3.31. The maximum atomic E-state index is 11.8. The standard InChI is InChI=1S/C18H19NO/c1-13-11-19(12-15-7-3-4-8-16(13)15)18-10-6-5-9-17(18)14(2)20/h3-10,13H,11-12H2,1-2H3. The van der Waals surface area contributed by atoms with E-state index in [1.807, 2.05) is 18.2 Å². The van der Waals surface area contributed by atoms with Gasteiger partial charge in [-0.25, -0.2) is 0 Å². The van der Waals surface area contributed by atoms with Crippen LogP contribution in [0, 0.1) is 0 Å². The van der Waals surface area contributed by atoms with E-state index in [-0.39, 0.29) is 5.78 Å². The number of anilines is 1. The quantitative estimate of drug-likeness (QED) is 0.765. The summed E-state index contributed by atoms with van der Waals surface area (Å²) < 4.78 is 0. The third kappa shape index (κ3) is 2.22. The van der Waals surface area contributed by atoms with E-state index in [0.29, 0.717) is 5.92 Å². The van der Waals surface area contributed by atoms with Gasteiger partial charge in [-0.05, 0) is 36.1 Å². The molecule has 0 saturated heterocycles. The highest BCUT2D eigenvalue weighted by atomic mass is 16.1. The molecule has 0 spiro atoms. The van der Waals surface area contributed by atoms with Gasteiger partial charge in [-0.3, -0.25) is 4.79 Å². The third-order valence-corrected chi connectivity index (χ3v) is 4.07. The van der Waals surface area contributed by atoms with Crippen molar-refractivity contribution < 1.29 is 4.79 Å². The van der Waals surface area contributed by atoms with Crippen molar-refractivity contribution in [3.05, 3.63) is 65.2 Å². The van der Waals surface area contributed by atoms with E-state index >= 15 is 0 Å². The predicted molar refractivity (Wildman–Crippen MR) is 82.4 cm³/mol. The number of benzene rings is 2. The summed E-state index contributed by atoms with van der Waals surface area (Å²) in [7, 11) is 0. The lowest BCUT2D eigenvalue weighted by molar-refractivity contribution is 0.101. The number of hydrogen-bond acceptors (Lipinski definition) is 2. The number of fused-ring (bicyclic) bond motifs is 1. The second-order valence-corrected chi connectivity index (χ2v) is 5.55. The highest BCUT2D eigenvalue weighted by molar-refractivity contribution is 5.99. The monoisotopic (exact) mass is 265 g/mol. The minimum absolute atomic E-state index is 0.132. The van der Waals surface area contributed by atoms with Gasteiger partial charge in [0.2, 0.25) is 0 Å². The van der Waals surface area contributed by atoms with Crippen LogP contribution in [0.1, 0.15) is 41.3 Å². The van der Waals surface area contributed by atoms with Gasteiger partial charge in [0.05, 0.1) is 0 Å². The van der Waals surface area contributed by atoms with Gasteiger partial charge >= 0.3 is 0 Å². The Bertz CT molecular complexity index is 647. The number of ketones is 1. The molecule has 102 valence electrons. The van der Waals surface area contributed by atoms with Crippen molar-refractivity contribution in [2.45, 2.75) is 26.3 Å². The summed E-state index contributed by atoms with van der Waals surface area (Å²) in [6.45, 7) is 5.73. The summed E-state index contributed by atoms with van der Waals surface area (Å²) in [6.07, 6.45) is 0. The summed E-state index contributed by atoms with van der Waals surface area (Å²) in [5.74, 6) is 0.618.